The van der Waals surface area contributed by atoms with Gasteiger partial charge in [0.05, 0.1) is 34.6 Å². The van der Waals surface area contributed by atoms with Gasteiger partial charge < -0.3 is 5.21 Å². The Hall–Kier alpha value is -1.57. The second kappa shape index (κ2) is 3.21. The van der Waals surface area contributed by atoms with Crippen LogP contribution >= 0.6 is 22.9 Å². The highest BCUT2D eigenvalue weighted by Gasteiger charge is 2.08. The Kier molecular flexibility index (Phi) is 1.93. The van der Waals surface area contributed by atoms with Gasteiger partial charge in [0.2, 0.25) is 0 Å². The first kappa shape index (κ1) is 9.64. The molecule has 0 unspecified atom stereocenters. The predicted octanol–water partition coefficient (Wildman–Crippen LogP) is 1.79. The van der Waals surface area contributed by atoms with Crippen molar-refractivity contribution in [2.24, 2.45) is 0 Å². The van der Waals surface area contributed by atoms with Crippen molar-refractivity contribution in [3.8, 4) is 0 Å². The van der Waals surface area contributed by atoms with Crippen molar-refractivity contribution >= 4 is 44.7 Å². The second-order valence-corrected chi connectivity index (χ2v) is 4.45. The van der Waals surface area contributed by atoms with Gasteiger partial charge in [-0.05, 0) is 12.1 Å². The van der Waals surface area contributed by atoms with Crippen molar-refractivity contribution in [2.75, 3.05) is 0 Å². The average molecular weight is 327 g/mol. The van der Waals surface area contributed by atoms with E-state index >= 15 is 0 Å². The van der Waals surface area contributed by atoms with Gasteiger partial charge in [-0.15, -0.1) is 0 Å². The Balaban J connectivity index is 2.63. The molecule has 16 heavy (non-hydrogen) atoms. The molecule has 5 nitrogen and oxygen atoms in total. The van der Waals surface area contributed by atoms with Gasteiger partial charge in [-0.25, -0.2) is 4.98 Å². The zero-order valence-electron chi connectivity index (χ0n) is 7.96. The third-order valence-corrected chi connectivity index (χ3v) is 3.37. The van der Waals surface area contributed by atoms with E-state index in [1.165, 1.54) is 6.20 Å². The van der Waals surface area contributed by atoms with Gasteiger partial charge in [0, 0.05) is 23.2 Å². The smallest absolute Gasteiger partial charge is 0.309 e. The van der Waals surface area contributed by atoms with Crippen molar-refractivity contribution in [1.82, 2.24) is 12.5 Å². The number of rotatable bonds is 0. The second-order valence-electron chi connectivity index (χ2n) is 3.41. The van der Waals surface area contributed by atoms with E-state index in [2.05, 4.69) is 27.8 Å². The van der Waals surface area contributed by atoms with E-state index in [-0.39, 0.29) is 5.52 Å². The van der Waals surface area contributed by atoms with Gasteiger partial charge in [0.25, 0.3) is 0 Å². The summed E-state index contributed by atoms with van der Waals surface area (Å²) in [5, 5.41) is 11.0. The van der Waals surface area contributed by atoms with Crippen molar-refractivity contribution in [3.05, 3.63) is 41.1 Å². The molecule has 0 aliphatic heterocycles. The summed E-state index contributed by atoms with van der Waals surface area (Å²) in [6, 6.07) is 3.61. The van der Waals surface area contributed by atoms with Crippen molar-refractivity contribution in [1.29, 1.82) is 0 Å². The molecule has 3 aromatic heterocycles. The lowest BCUT2D eigenvalue weighted by atomic mass is 10.2. The minimum atomic E-state index is -0.499. The number of fused-ring (bicyclic) bond motifs is 3. The summed E-state index contributed by atoms with van der Waals surface area (Å²) in [5.41, 5.74) is 0.726. The maximum atomic E-state index is 11.6. The summed E-state index contributed by atoms with van der Waals surface area (Å²) < 4.78 is 2.45. The van der Waals surface area contributed by atoms with Gasteiger partial charge in [0.1, 0.15) is 5.52 Å². The molecule has 6 heteroatoms. The average Bonchev–Trinajstić information content (AvgIpc) is 2.66. The lowest BCUT2D eigenvalue weighted by Gasteiger charge is -2.01. The maximum absolute atomic E-state index is 11.6. The Labute approximate surface area is 103 Å². The van der Waals surface area contributed by atoms with Crippen LogP contribution in [0.3, 0.4) is 0 Å². The highest BCUT2D eigenvalue weighted by molar-refractivity contribution is 14.1. The summed E-state index contributed by atoms with van der Waals surface area (Å²) in [6.45, 7) is 0. The molecule has 3 aromatic rings. The first-order valence-electron chi connectivity index (χ1n) is 4.55. The minimum absolute atomic E-state index is 0.278. The summed E-state index contributed by atoms with van der Waals surface area (Å²) in [6.07, 6.45) is 4.86. The largest absolute Gasteiger partial charge is 0.425 e. The Bertz CT molecular complexity index is 760. The van der Waals surface area contributed by atoms with Crippen LogP contribution in [-0.4, -0.2) is 17.7 Å². The van der Waals surface area contributed by atoms with E-state index in [1.807, 2.05) is 15.0 Å². The number of hydrogen-bond donors (Lipinski definition) is 1. The molecule has 3 rings (SSSR count). The fourth-order valence-electron chi connectivity index (χ4n) is 1.76. The molecule has 0 radical (unpaired) electrons. The summed E-state index contributed by atoms with van der Waals surface area (Å²) in [7, 11) is 0. The molecule has 0 bridgehead atoms. The van der Waals surface area contributed by atoms with Crippen molar-refractivity contribution in [3.63, 3.8) is 0 Å². The fraction of sp³-hybridized carbons (Fsp3) is 0. The third-order valence-electron chi connectivity index (χ3n) is 2.53. The van der Waals surface area contributed by atoms with E-state index in [0.29, 0.717) is 4.73 Å². The Morgan fingerprint density at radius 3 is 2.81 bits per heavy atom. The monoisotopic (exact) mass is 327 g/mol. The molecule has 0 saturated carbocycles. The van der Waals surface area contributed by atoms with E-state index in [1.54, 1.807) is 12.3 Å². The third kappa shape index (κ3) is 1.16. The predicted molar refractivity (Wildman–Crippen MR) is 68.1 cm³/mol. The summed E-state index contributed by atoms with van der Waals surface area (Å²) in [5.74, 6) is 0. The zero-order chi connectivity index (χ0) is 11.3. The van der Waals surface area contributed by atoms with Crippen LogP contribution in [0.5, 0.6) is 0 Å². The van der Waals surface area contributed by atoms with Gasteiger partial charge in [-0.2, -0.15) is 4.73 Å². The Morgan fingerprint density at radius 1 is 1.25 bits per heavy atom. The lowest BCUT2D eigenvalue weighted by molar-refractivity contribution is 0.176. The molecule has 80 valence electrons. The molecule has 0 fully saturated rings. The lowest BCUT2D eigenvalue weighted by Crippen LogP contribution is -2.17. The van der Waals surface area contributed by atoms with Crippen LogP contribution in [0, 0.1) is 0 Å². The molecule has 0 spiro atoms. The normalized spacial score (nSPS) is 11.3. The first-order valence-corrected chi connectivity index (χ1v) is 5.52. The number of nitrogens with zero attached hydrogens (tertiary/aromatic N) is 3. The molecule has 0 atom stereocenters. The number of pyridine rings is 2. The van der Waals surface area contributed by atoms with Crippen LogP contribution in [0.1, 0.15) is 0 Å². The number of aromatic nitrogens is 3. The van der Waals surface area contributed by atoms with Crippen LogP contribution in [0.25, 0.3) is 21.8 Å². The van der Waals surface area contributed by atoms with E-state index in [4.69, 9.17) is 0 Å². The highest BCUT2D eigenvalue weighted by Crippen LogP contribution is 2.23. The quantitative estimate of drug-likeness (QED) is 0.506. The summed E-state index contributed by atoms with van der Waals surface area (Å²) in [4.78, 5) is 15.7. The first-order chi connectivity index (χ1) is 7.68. The Morgan fingerprint density at radius 2 is 2.00 bits per heavy atom. The molecule has 0 amide bonds. The molecule has 0 aliphatic rings. The van der Waals surface area contributed by atoms with Gasteiger partial charge >= 0.3 is 5.56 Å². The number of halogens is 1. The van der Waals surface area contributed by atoms with Crippen LogP contribution in [0.2, 0.25) is 0 Å². The maximum Gasteiger partial charge on any atom is 0.309 e. The zero-order valence-corrected chi connectivity index (χ0v) is 10.1. The molecule has 3 heterocycles. The molecular weight excluding hydrogens is 321 g/mol. The van der Waals surface area contributed by atoms with Gasteiger partial charge in [-0.1, -0.05) is 0 Å². The molecule has 0 aliphatic carbocycles. The minimum Gasteiger partial charge on any atom is -0.425 e. The van der Waals surface area contributed by atoms with Crippen LogP contribution in [0.15, 0.2) is 35.5 Å². The van der Waals surface area contributed by atoms with Crippen molar-refractivity contribution < 1.29 is 5.21 Å². The highest BCUT2D eigenvalue weighted by atomic mass is 127. The summed E-state index contributed by atoms with van der Waals surface area (Å²) >= 11 is 2.15. The van der Waals surface area contributed by atoms with Crippen molar-refractivity contribution in [2.45, 2.75) is 0 Å². The molecular formula is C10H6IN3O2. The van der Waals surface area contributed by atoms with Gasteiger partial charge in [0.15, 0.2) is 0 Å². The molecule has 0 aromatic carbocycles. The number of hydrogen-bond acceptors (Lipinski definition) is 3. The van der Waals surface area contributed by atoms with Crippen LogP contribution < -0.4 is 5.56 Å². The molecule has 1 N–H and O–H groups in total. The van der Waals surface area contributed by atoms with Gasteiger partial charge in [-0.3, -0.25) is 7.58 Å². The molecule has 0 saturated heterocycles. The van der Waals surface area contributed by atoms with Crippen LogP contribution in [-0.2, 0) is 0 Å². The standard InChI is InChI=1S/C10H6IN3O2/c11-13-3-1-6-7-2-4-14(16)10(15)9(7)12-5-8(6)13/h1-5,16H. The van der Waals surface area contributed by atoms with E-state index in [9.17, 15) is 10.0 Å². The SMILES string of the molecule is O=c1c2ncc3c(ccn3I)c2ccn1O. The topological polar surface area (TPSA) is 60.0 Å². The van der Waals surface area contributed by atoms with Crippen LogP contribution in [0.4, 0.5) is 0 Å². The fourth-order valence-corrected chi connectivity index (χ4v) is 2.30. The van der Waals surface area contributed by atoms with E-state index < -0.39 is 5.56 Å². The van der Waals surface area contributed by atoms with E-state index in [0.717, 1.165) is 16.3 Å².